The average Bonchev–Trinajstić information content (AvgIpc) is 3.16. The molecule has 1 aromatic carbocycles. The topological polar surface area (TPSA) is 88.9 Å². The number of nitrogens with zero attached hydrogens (tertiary/aromatic N) is 2. The lowest BCUT2D eigenvalue weighted by Crippen LogP contribution is -2.43. The van der Waals surface area contributed by atoms with Gasteiger partial charge in [0, 0.05) is 25.5 Å². The standard InChI is InChI=1S/C25H38N2O6Si/c1-8-22(23(28)30-18-31-24(29)33-21-12-10-9-11-13-21)19(14-20-15-26-17-27(20)5)16-32-34(6,7)25(2,3)4/h9-13,15,17,19,22H,8,14,16,18H2,1-7H3/t19-,22-/m0/s1. The van der Waals surface area contributed by atoms with Crippen LogP contribution in [-0.4, -0.2) is 43.4 Å². The van der Waals surface area contributed by atoms with Gasteiger partial charge in [-0.05, 0) is 49.0 Å². The van der Waals surface area contributed by atoms with E-state index in [-0.39, 0.29) is 11.0 Å². The van der Waals surface area contributed by atoms with Crippen molar-refractivity contribution in [2.45, 2.75) is 58.7 Å². The van der Waals surface area contributed by atoms with Crippen LogP contribution in [0.2, 0.25) is 18.1 Å². The van der Waals surface area contributed by atoms with Gasteiger partial charge in [-0.25, -0.2) is 9.78 Å². The van der Waals surface area contributed by atoms with Crippen LogP contribution in [0.15, 0.2) is 42.9 Å². The van der Waals surface area contributed by atoms with Gasteiger partial charge < -0.3 is 23.2 Å². The summed E-state index contributed by atoms with van der Waals surface area (Å²) in [4.78, 5) is 29.0. The molecule has 0 N–H and O–H groups in total. The predicted octanol–water partition coefficient (Wildman–Crippen LogP) is 5.34. The van der Waals surface area contributed by atoms with Gasteiger partial charge in [0.2, 0.25) is 6.79 Å². The normalized spacial score (nSPS) is 13.7. The number of hydrogen-bond donors (Lipinski definition) is 0. The van der Waals surface area contributed by atoms with Gasteiger partial charge in [0.25, 0.3) is 0 Å². The van der Waals surface area contributed by atoms with Crippen LogP contribution < -0.4 is 4.74 Å². The average molecular weight is 491 g/mol. The number of rotatable bonds is 11. The molecule has 2 rings (SSSR count). The van der Waals surface area contributed by atoms with E-state index in [1.54, 1.807) is 36.8 Å². The van der Waals surface area contributed by atoms with E-state index in [0.717, 1.165) is 5.69 Å². The monoisotopic (exact) mass is 490 g/mol. The minimum absolute atomic E-state index is 0.0548. The smallest absolute Gasteiger partial charge is 0.427 e. The van der Waals surface area contributed by atoms with Gasteiger partial charge in [-0.1, -0.05) is 45.9 Å². The molecule has 188 valence electrons. The molecule has 0 spiro atoms. The Morgan fingerprint density at radius 3 is 2.35 bits per heavy atom. The highest BCUT2D eigenvalue weighted by Gasteiger charge is 2.39. The van der Waals surface area contributed by atoms with Crippen molar-refractivity contribution in [2.24, 2.45) is 18.9 Å². The van der Waals surface area contributed by atoms with E-state index in [9.17, 15) is 9.59 Å². The summed E-state index contributed by atoms with van der Waals surface area (Å²) in [6, 6.07) is 8.55. The van der Waals surface area contributed by atoms with Crippen molar-refractivity contribution in [3.05, 3.63) is 48.5 Å². The molecule has 0 radical (unpaired) electrons. The fraction of sp³-hybridized carbons (Fsp3) is 0.560. The number of carbonyl (C=O) groups excluding carboxylic acids is 2. The molecule has 0 aliphatic carbocycles. The number of aryl methyl sites for hydroxylation is 1. The van der Waals surface area contributed by atoms with Gasteiger partial charge in [-0.3, -0.25) is 4.79 Å². The zero-order valence-corrected chi connectivity index (χ0v) is 22.4. The number of para-hydroxylation sites is 1. The van der Waals surface area contributed by atoms with E-state index in [4.69, 9.17) is 18.6 Å². The molecule has 0 saturated heterocycles. The molecule has 9 heteroatoms. The first-order valence-electron chi connectivity index (χ1n) is 11.6. The summed E-state index contributed by atoms with van der Waals surface area (Å²) in [5, 5.41) is 0.0548. The van der Waals surface area contributed by atoms with E-state index >= 15 is 0 Å². The van der Waals surface area contributed by atoms with Gasteiger partial charge in [-0.15, -0.1) is 0 Å². The van der Waals surface area contributed by atoms with Gasteiger partial charge >= 0.3 is 12.1 Å². The Kier molecular flexibility index (Phi) is 9.87. The van der Waals surface area contributed by atoms with Crippen molar-refractivity contribution in [1.82, 2.24) is 9.55 Å². The van der Waals surface area contributed by atoms with Crippen LogP contribution in [0.4, 0.5) is 4.79 Å². The van der Waals surface area contributed by atoms with E-state index in [1.807, 2.05) is 24.6 Å². The summed E-state index contributed by atoms with van der Waals surface area (Å²) < 4.78 is 23.7. The molecular formula is C25H38N2O6Si. The molecule has 0 amide bonds. The van der Waals surface area contributed by atoms with Crippen molar-refractivity contribution in [2.75, 3.05) is 13.4 Å². The highest BCUT2D eigenvalue weighted by Crippen LogP contribution is 2.37. The number of hydrogen-bond acceptors (Lipinski definition) is 7. The van der Waals surface area contributed by atoms with Gasteiger partial charge in [0.05, 0.1) is 12.2 Å². The largest absolute Gasteiger partial charge is 0.516 e. The molecule has 34 heavy (non-hydrogen) atoms. The lowest BCUT2D eigenvalue weighted by Gasteiger charge is -2.38. The number of ether oxygens (including phenoxy) is 3. The van der Waals surface area contributed by atoms with Crippen molar-refractivity contribution in [3.63, 3.8) is 0 Å². The minimum atomic E-state index is -2.01. The molecule has 0 fully saturated rings. The highest BCUT2D eigenvalue weighted by atomic mass is 28.4. The van der Waals surface area contributed by atoms with Gasteiger partial charge in [0.1, 0.15) is 5.75 Å². The van der Waals surface area contributed by atoms with Crippen LogP contribution in [0.25, 0.3) is 0 Å². The number of carbonyl (C=O) groups is 2. The second-order valence-electron chi connectivity index (χ2n) is 9.94. The molecule has 2 atom stereocenters. The van der Waals surface area contributed by atoms with Crippen molar-refractivity contribution in [3.8, 4) is 5.75 Å². The first-order chi connectivity index (χ1) is 15.9. The number of aromatic nitrogens is 2. The number of imidazole rings is 1. The van der Waals surface area contributed by atoms with Crippen LogP contribution >= 0.6 is 0 Å². The molecule has 1 aromatic heterocycles. The van der Waals surface area contributed by atoms with E-state index < -0.39 is 33.2 Å². The third-order valence-corrected chi connectivity index (χ3v) is 11.0. The molecule has 0 unspecified atom stereocenters. The Balaban J connectivity index is 2.02. The lowest BCUT2D eigenvalue weighted by atomic mass is 9.87. The fourth-order valence-corrected chi connectivity index (χ4v) is 4.31. The maximum Gasteiger partial charge on any atom is 0.516 e. The minimum Gasteiger partial charge on any atom is -0.427 e. The second kappa shape index (κ2) is 12.2. The van der Waals surface area contributed by atoms with Crippen LogP contribution in [-0.2, 0) is 32.2 Å². The number of benzene rings is 1. The maximum atomic E-state index is 13.0. The predicted molar refractivity (Wildman–Crippen MR) is 132 cm³/mol. The summed E-state index contributed by atoms with van der Waals surface area (Å²) in [7, 11) is -0.0836. The molecule has 0 aliphatic rings. The van der Waals surface area contributed by atoms with Gasteiger partial charge in [0.15, 0.2) is 8.32 Å². The molecule has 0 bridgehead atoms. The van der Waals surface area contributed by atoms with Crippen molar-refractivity contribution in [1.29, 1.82) is 0 Å². The molecule has 1 heterocycles. The zero-order valence-electron chi connectivity index (χ0n) is 21.4. The molecule has 2 aromatic rings. The summed E-state index contributed by atoms with van der Waals surface area (Å²) in [6.07, 6.45) is 3.80. The van der Waals surface area contributed by atoms with E-state index in [2.05, 4.69) is 38.8 Å². The van der Waals surface area contributed by atoms with Crippen LogP contribution in [0.5, 0.6) is 5.75 Å². The SMILES string of the molecule is CC[C@H](C(=O)OCOC(=O)Oc1ccccc1)[C@H](CO[Si](C)(C)C(C)(C)C)Cc1cncn1C. The van der Waals surface area contributed by atoms with Gasteiger partial charge in [-0.2, -0.15) is 0 Å². The zero-order chi connectivity index (χ0) is 25.4. The Hall–Kier alpha value is -2.65. The van der Waals surface area contributed by atoms with E-state index in [0.29, 0.717) is 25.2 Å². The molecule has 0 aliphatic heterocycles. The first-order valence-corrected chi connectivity index (χ1v) is 14.5. The molecule has 8 nitrogen and oxygen atoms in total. The second-order valence-corrected chi connectivity index (χ2v) is 14.7. The Labute approximate surface area is 203 Å². The third-order valence-electron chi connectivity index (χ3n) is 6.49. The Morgan fingerprint density at radius 1 is 1.12 bits per heavy atom. The Morgan fingerprint density at radius 2 is 1.79 bits per heavy atom. The van der Waals surface area contributed by atoms with E-state index in [1.165, 1.54) is 0 Å². The summed E-state index contributed by atoms with van der Waals surface area (Å²) >= 11 is 0. The highest BCUT2D eigenvalue weighted by molar-refractivity contribution is 6.74. The van der Waals surface area contributed by atoms with Crippen LogP contribution in [0, 0.1) is 11.8 Å². The summed E-state index contributed by atoms with van der Waals surface area (Å²) in [6.45, 7) is 12.8. The summed E-state index contributed by atoms with van der Waals surface area (Å²) in [5.41, 5.74) is 1.01. The molecular weight excluding hydrogens is 452 g/mol. The first kappa shape index (κ1) is 27.6. The Bertz CT molecular complexity index is 923. The van der Waals surface area contributed by atoms with Crippen molar-refractivity contribution < 1.29 is 28.2 Å². The quantitative estimate of drug-likeness (QED) is 0.182. The number of esters is 1. The molecule has 0 saturated carbocycles. The maximum absolute atomic E-state index is 13.0. The fourth-order valence-electron chi connectivity index (χ4n) is 3.25. The van der Waals surface area contributed by atoms with Crippen LogP contribution in [0.1, 0.15) is 39.8 Å². The van der Waals surface area contributed by atoms with Crippen molar-refractivity contribution >= 4 is 20.4 Å². The van der Waals surface area contributed by atoms with Crippen LogP contribution in [0.3, 0.4) is 0 Å². The lowest BCUT2D eigenvalue weighted by molar-refractivity contribution is -0.160. The summed E-state index contributed by atoms with van der Waals surface area (Å²) in [5.74, 6) is -0.614. The third kappa shape index (κ3) is 7.98.